The molecule has 1 heterocycles. The summed E-state index contributed by atoms with van der Waals surface area (Å²) < 4.78 is 25.3. The molecule has 0 fully saturated rings. The van der Waals surface area contributed by atoms with E-state index >= 15 is 0 Å². The number of carboxylic acid groups (broad SMARTS) is 1. The van der Waals surface area contributed by atoms with Gasteiger partial charge in [-0.2, -0.15) is 0 Å². The Morgan fingerprint density at radius 1 is 1.62 bits per heavy atom. The molecule has 0 aromatic carbocycles. The Morgan fingerprint density at radius 3 is 2.75 bits per heavy atom. The van der Waals surface area contributed by atoms with Crippen molar-refractivity contribution in [3.63, 3.8) is 0 Å². The molecule has 0 unspecified atom stereocenters. The maximum absolute atomic E-state index is 11.3. The van der Waals surface area contributed by atoms with Crippen molar-refractivity contribution in [3.05, 3.63) is 22.3 Å². The highest BCUT2D eigenvalue weighted by Crippen LogP contribution is 2.17. The number of hydrogen-bond donors (Lipinski definition) is 2. The molecule has 1 aromatic heterocycles. The largest absolute Gasteiger partial charge is 0.480 e. The third-order valence-corrected chi connectivity index (χ3v) is 3.60. The molecule has 0 aliphatic carbocycles. The van der Waals surface area contributed by atoms with Gasteiger partial charge in [0.1, 0.15) is 5.82 Å². The second-order valence-electron chi connectivity index (χ2n) is 3.07. The predicted octanol–water partition coefficient (Wildman–Crippen LogP) is 0.979. The van der Waals surface area contributed by atoms with Gasteiger partial charge in [0.05, 0.1) is 0 Å². The summed E-state index contributed by atoms with van der Waals surface area (Å²) in [5.41, 5.74) is 0.794. The summed E-state index contributed by atoms with van der Waals surface area (Å²) in [7, 11) is -3.89. The van der Waals surface area contributed by atoms with E-state index in [0.717, 1.165) is 10.0 Å². The van der Waals surface area contributed by atoms with Crippen LogP contribution in [0.25, 0.3) is 0 Å². The van der Waals surface area contributed by atoms with Gasteiger partial charge in [-0.25, -0.2) is 13.4 Å². The summed E-state index contributed by atoms with van der Waals surface area (Å²) >= 11 is 3.22. The molecular weight excluding hydrogens is 300 g/mol. The van der Waals surface area contributed by atoms with Crippen LogP contribution in [0.5, 0.6) is 0 Å². The van der Waals surface area contributed by atoms with Crippen molar-refractivity contribution >= 4 is 37.7 Å². The zero-order valence-electron chi connectivity index (χ0n) is 8.27. The van der Waals surface area contributed by atoms with Crippen LogP contribution in [0.1, 0.15) is 5.56 Å². The number of aliphatic carboxylic acids is 1. The summed E-state index contributed by atoms with van der Waals surface area (Å²) in [5, 5.41) is 8.38. The Hall–Kier alpha value is -1.15. The van der Waals surface area contributed by atoms with Crippen LogP contribution in [-0.2, 0) is 14.8 Å². The van der Waals surface area contributed by atoms with Crippen molar-refractivity contribution in [2.45, 2.75) is 6.92 Å². The number of anilines is 1. The van der Waals surface area contributed by atoms with Crippen LogP contribution in [0.2, 0.25) is 0 Å². The van der Waals surface area contributed by atoms with Gasteiger partial charge in [-0.05, 0) is 34.5 Å². The maximum atomic E-state index is 11.3. The first-order valence-corrected chi connectivity index (χ1v) is 6.59. The number of halogens is 1. The first-order valence-electron chi connectivity index (χ1n) is 4.14. The number of carbonyl (C=O) groups is 1. The van der Waals surface area contributed by atoms with Crippen LogP contribution in [0.15, 0.2) is 16.7 Å². The van der Waals surface area contributed by atoms with Crippen LogP contribution in [0, 0.1) is 6.92 Å². The Balaban J connectivity index is 2.88. The van der Waals surface area contributed by atoms with Crippen molar-refractivity contribution in [3.8, 4) is 0 Å². The zero-order valence-corrected chi connectivity index (χ0v) is 10.7. The minimum Gasteiger partial charge on any atom is -0.480 e. The SMILES string of the molecule is Cc1cc(NS(=O)(=O)CC(=O)O)ncc1Br. The predicted molar refractivity (Wildman–Crippen MR) is 61.7 cm³/mol. The first-order chi connectivity index (χ1) is 7.30. The number of pyridine rings is 1. The normalized spacial score (nSPS) is 11.1. The van der Waals surface area contributed by atoms with E-state index in [9.17, 15) is 13.2 Å². The van der Waals surface area contributed by atoms with Crippen molar-refractivity contribution in [1.29, 1.82) is 0 Å². The summed E-state index contributed by atoms with van der Waals surface area (Å²) in [5.74, 6) is -2.30. The molecule has 6 nitrogen and oxygen atoms in total. The highest BCUT2D eigenvalue weighted by molar-refractivity contribution is 9.10. The average Bonchev–Trinajstić information content (AvgIpc) is 2.08. The molecule has 0 aliphatic heterocycles. The van der Waals surface area contributed by atoms with Crippen molar-refractivity contribution in [2.24, 2.45) is 0 Å². The van der Waals surface area contributed by atoms with Crippen molar-refractivity contribution < 1.29 is 18.3 Å². The molecule has 0 bridgehead atoms. The van der Waals surface area contributed by atoms with Crippen molar-refractivity contribution in [1.82, 2.24) is 4.98 Å². The number of aromatic nitrogens is 1. The van der Waals surface area contributed by atoms with E-state index in [-0.39, 0.29) is 5.82 Å². The topological polar surface area (TPSA) is 96.4 Å². The van der Waals surface area contributed by atoms with Crippen LogP contribution < -0.4 is 4.72 Å². The molecule has 0 saturated heterocycles. The number of aryl methyl sites for hydroxylation is 1. The van der Waals surface area contributed by atoms with Gasteiger partial charge in [-0.3, -0.25) is 9.52 Å². The molecule has 0 saturated carbocycles. The van der Waals surface area contributed by atoms with Crippen LogP contribution in [0.3, 0.4) is 0 Å². The molecule has 0 radical (unpaired) electrons. The average molecular weight is 309 g/mol. The summed E-state index contributed by atoms with van der Waals surface area (Å²) in [6, 6.07) is 1.50. The second-order valence-corrected chi connectivity index (χ2v) is 5.65. The number of sulfonamides is 1. The quantitative estimate of drug-likeness (QED) is 0.864. The molecule has 0 amide bonds. The van der Waals surface area contributed by atoms with E-state index in [4.69, 9.17) is 5.11 Å². The monoisotopic (exact) mass is 308 g/mol. The molecule has 0 spiro atoms. The minimum atomic E-state index is -3.89. The van der Waals surface area contributed by atoms with Gasteiger partial charge in [0.2, 0.25) is 10.0 Å². The molecule has 2 N–H and O–H groups in total. The summed E-state index contributed by atoms with van der Waals surface area (Å²) in [6.07, 6.45) is 1.44. The lowest BCUT2D eigenvalue weighted by molar-refractivity contribution is -0.134. The van der Waals surface area contributed by atoms with Gasteiger partial charge in [-0.1, -0.05) is 0 Å². The molecule has 8 heteroatoms. The zero-order chi connectivity index (χ0) is 12.3. The van der Waals surface area contributed by atoms with Gasteiger partial charge >= 0.3 is 5.97 Å². The van der Waals surface area contributed by atoms with Crippen LogP contribution in [0.4, 0.5) is 5.82 Å². The fourth-order valence-corrected chi connectivity index (χ4v) is 2.00. The van der Waals surface area contributed by atoms with E-state index in [1.165, 1.54) is 12.3 Å². The first kappa shape index (κ1) is 12.9. The number of nitrogens with one attached hydrogen (secondary N) is 1. The molecule has 1 rings (SSSR count). The third kappa shape index (κ3) is 3.78. The molecule has 16 heavy (non-hydrogen) atoms. The van der Waals surface area contributed by atoms with Gasteiger partial charge in [0, 0.05) is 10.7 Å². The van der Waals surface area contributed by atoms with E-state index in [2.05, 4.69) is 25.6 Å². The third-order valence-electron chi connectivity index (χ3n) is 1.62. The Labute approximate surface area is 101 Å². The molecule has 0 atom stereocenters. The smallest absolute Gasteiger partial charge is 0.320 e. The fraction of sp³-hybridized carbons (Fsp3) is 0.250. The second kappa shape index (κ2) is 4.79. The molecular formula is C8H9BrN2O4S. The van der Waals surface area contributed by atoms with E-state index in [0.29, 0.717) is 0 Å². The Kier molecular flexibility index (Phi) is 3.87. The Morgan fingerprint density at radius 2 is 2.25 bits per heavy atom. The highest BCUT2D eigenvalue weighted by atomic mass is 79.9. The number of rotatable bonds is 4. The fourth-order valence-electron chi connectivity index (χ4n) is 0.953. The maximum Gasteiger partial charge on any atom is 0.320 e. The van der Waals surface area contributed by atoms with Gasteiger partial charge < -0.3 is 5.11 Å². The Bertz CT molecular complexity index is 515. The van der Waals surface area contributed by atoms with Crippen LogP contribution in [-0.4, -0.2) is 30.2 Å². The van der Waals surface area contributed by atoms with E-state index in [1.54, 1.807) is 6.92 Å². The number of hydrogen-bond acceptors (Lipinski definition) is 4. The number of carboxylic acids is 1. The minimum absolute atomic E-state index is 0.0990. The van der Waals surface area contributed by atoms with Gasteiger partial charge in [0.15, 0.2) is 5.75 Å². The molecule has 0 aliphatic rings. The number of nitrogens with zero attached hydrogens (tertiary/aromatic N) is 1. The molecule has 1 aromatic rings. The summed E-state index contributed by atoms with van der Waals surface area (Å²) in [4.78, 5) is 14.1. The lowest BCUT2D eigenvalue weighted by Crippen LogP contribution is -2.22. The van der Waals surface area contributed by atoms with E-state index < -0.39 is 21.7 Å². The standard InChI is InChI=1S/C8H9BrN2O4S/c1-5-2-7(10-3-6(5)9)11-16(14,15)4-8(12)13/h2-3H,4H2,1H3,(H,10,11)(H,12,13). The van der Waals surface area contributed by atoms with Crippen LogP contribution >= 0.6 is 15.9 Å². The van der Waals surface area contributed by atoms with E-state index in [1.807, 2.05) is 0 Å². The highest BCUT2D eigenvalue weighted by Gasteiger charge is 2.16. The van der Waals surface area contributed by atoms with Crippen molar-refractivity contribution in [2.75, 3.05) is 10.5 Å². The lowest BCUT2D eigenvalue weighted by atomic mass is 10.3. The lowest BCUT2D eigenvalue weighted by Gasteiger charge is -2.06. The van der Waals surface area contributed by atoms with Gasteiger partial charge in [0.25, 0.3) is 0 Å². The summed E-state index contributed by atoms with van der Waals surface area (Å²) in [6.45, 7) is 1.76. The molecule has 88 valence electrons. The van der Waals surface area contributed by atoms with Gasteiger partial charge in [-0.15, -0.1) is 0 Å².